The van der Waals surface area contributed by atoms with E-state index in [4.69, 9.17) is 14.2 Å². The summed E-state index contributed by atoms with van der Waals surface area (Å²) >= 11 is 0. The van der Waals surface area contributed by atoms with Crippen LogP contribution in [0.15, 0.2) is 72.9 Å². The van der Waals surface area contributed by atoms with Crippen LogP contribution in [0.4, 0.5) is 0 Å². The molecule has 0 aliphatic carbocycles. The maximum absolute atomic E-state index is 12.9. The number of ether oxygens (including phenoxy) is 3. The third-order valence-electron chi connectivity index (χ3n) is 15.7. The summed E-state index contributed by atoms with van der Waals surface area (Å²) in [4.78, 5) is 38.4. The topological polar surface area (TPSA) is 78.9 Å². The first kappa shape index (κ1) is 77.9. The van der Waals surface area contributed by atoms with E-state index in [1.54, 1.807) is 0 Å². The minimum Gasteiger partial charge on any atom is -0.462 e. The Morgan fingerprint density at radius 1 is 0.259 bits per heavy atom. The molecular formula is C75H134O6. The molecule has 470 valence electrons. The van der Waals surface area contributed by atoms with Crippen LogP contribution >= 0.6 is 0 Å². The predicted molar refractivity (Wildman–Crippen MR) is 353 cm³/mol. The van der Waals surface area contributed by atoms with Crippen LogP contribution in [0.1, 0.15) is 367 Å². The van der Waals surface area contributed by atoms with Crippen molar-refractivity contribution in [2.75, 3.05) is 13.2 Å². The van der Waals surface area contributed by atoms with Crippen molar-refractivity contribution in [2.45, 2.75) is 374 Å². The molecule has 0 amide bonds. The Hall–Kier alpha value is -3.15. The third-order valence-corrected chi connectivity index (χ3v) is 15.7. The normalized spacial score (nSPS) is 12.5. The zero-order chi connectivity index (χ0) is 58.5. The van der Waals surface area contributed by atoms with E-state index in [1.807, 2.05) is 0 Å². The summed E-state index contributed by atoms with van der Waals surface area (Å²) in [5.74, 6) is -0.847. The maximum Gasteiger partial charge on any atom is 0.306 e. The van der Waals surface area contributed by atoms with Gasteiger partial charge >= 0.3 is 17.9 Å². The number of unbranched alkanes of at least 4 members (excludes halogenated alkanes) is 42. The second-order valence-corrected chi connectivity index (χ2v) is 23.8. The van der Waals surface area contributed by atoms with E-state index < -0.39 is 6.10 Å². The Morgan fingerprint density at radius 3 is 0.753 bits per heavy atom. The molecule has 0 radical (unpaired) electrons. The molecule has 6 heteroatoms. The molecule has 0 rings (SSSR count). The lowest BCUT2D eigenvalue weighted by Crippen LogP contribution is -2.30. The number of rotatable bonds is 65. The lowest BCUT2D eigenvalue weighted by Gasteiger charge is -2.18. The zero-order valence-corrected chi connectivity index (χ0v) is 54.1. The SMILES string of the molecule is CC/C=C\C/C=C\C/C=C\C/C=C\C/C=C\C/C=C\CCCCCCCCCCCCCCC(=O)OCC(COC(=O)CCCCCCCCCCCCCC)OC(=O)CCCCCCCCCCCCCCCCCCCCCC. The second kappa shape index (κ2) is 69.3. The molecule has 0 saturated carbocycles. The summed E-state index contributed by atoms with van der Waals surface area (Å²) in [5.41, 5.74) is 0. The molecule has 0 aromatic carbocycles. The van der Waals surface area contributed by atoms with Crippen LogP contribution in [0.2, 0.25) is 0 Å². The molecule has 0 aromatic rings. The molecule has 0 aliphatic heterocycles. The average Bonchev–Trinajstić information content (AvgIpc) is 3.47. The molecule has 0 aliphatic rings. The molecule has 81 heavy (non-hydrogen) atoms. The van der Waals surface area contributed by atoms with Crippen molar-refractivity contribution in [1.82, 2.24) is 0 Å². The second-order valence-electron chi connectivity index (χ2n) is 23.8. The van der Waals surface area contributed by atoms with E-state index in [-0.39, 0.29) is 31.1 Å². The fraction of sp³-hybridized carbons (Fsp3) is 0.800. The Labute approximate surface area is 503 Å². The van der Waals surface area contributed by atoms with Gasteiger partial charge in [-0.05, 0) is 70.6 Å². The molecule has 1 unspecified atom stereocenters. The monoisotopic (exact) mass is 1130 g/mol. The maximum atomic E-state index is 12.9. The van der Waals surface area contributed by atoms with Gasteiger partial charge in [-0.15, -0.1) is 0 Å². The minimum absolute atomic E-state index is 0.0690. The van der Waals surface area contributed by atoms with Gasteiger partial charge in [0.05, 0.1) is 0 Å². The van der Waals surface area contributed by atoms with E-state index in [1.165, 1.54) is 231 Å². The van der Waals surface area contributed by atoms with Crippen molar-refractivity contribution in [3.05, 3.63) is 72.9 Å². The van der Waals surface area contributed by atoms with Crippen LogP contribution in [0.5, 0.6) is 0 Å². The fourth-order valence-electron chi connectivity index (χ4n) is 10.5. The molecule has 0 saturated heterocycles. The third kappa shape index (κ3) is 67.5. The van der Waals surface area contributed by atoms with Gasteiger partial charge in [0.2, 0.25) is 0 Å². The molecule has 0 spiro atoms. The van der Waals surface area contributed by atoms with E-state index in [2.05, 4.69) is 93.7 Å². The number of carbonyl (C=O) groups excluding carboxylic acids is 3. The van der Waals surface area contributed by atoms with Gasteiger partial charge in [0.1, 0.15) is 13.2 Å². The highest BCUT2D eigenvalue weighted by Crippen LogP contribution is 2.18. The first-order valence-corrected chi connectivity index (χ1v) is 35.4. The number of carbonyl (C=O) groups is 3. The minimum atomic E-state index is -0.772. The lowest BCUT2D eigenvalue weighted by atomic mass is 10.0. The number of esters is 3. The van der Waals surface area contributed by atoms with Crippen LogP contribution < -0.4 is 0 Å². The predicted octanol–water partition coefficient (Wildman–Crippen LogP) is 24.4. The van der Waals surface area contributed by atoms with Crippen LogP contribution in [0.25, 0.3) is 0 Å². The molecule has 0 bridgehead atoms. The van der Waals surface area contributed by atoms with E-state index in [0.29, 0.717) is 19.3 Å². The van der Waals surface area contributed by atoms with Gasteiger partial charge in [-0.2, -0.15) is 0 Å². The van der Waals surface area contributed by atoms with E-state index >= 15 is 0 Å². The summed E-state index contributed by atoms with van der Waals surface area (Å²) in [6.07, 6.45) is 90.7. The fourth-order valence-corrected chi connectivity index (χ4v) is 10.5. The van der Waals surface area contributed by atoms with Gasteiger partial charge in [0.15, 0.2) is 6.10 Å². The standard InChI is InChI=1S/C75H134O6/c1-4-7-10-13-16-19-22-25-27-29-31-33-34-35-36-37-38-39-40-41-42-43-45-46-48-50-53-56-59-62-65-68-74(77)80-71-72(70-79-73(76)67-64-61-58-55-52-24-21-18-15-12-9-6-3)81-75(78)69-66-63-60-57-54-51-49-47-44-32-30-28-26-23-20-17-14-11-8-5-2/h7,10,16,19,25,27,31,33,35-36,38-39,72H,4-6,8-9,11-15,17-18,20-24,26,28-30,32,34,37,40-71H2,1-3H3/b10-7-,19-16-,27-25-,33-31-,36-35-,39-38-. The average molecular weight is 1130 g/mol. The number of hydrogen-bond acceptors (Lipinski definition) is 6. The van der Waals surface area contributed by atoms with Gasteiger partial charge in [0.25, 0.3) is 0 Å². The first-order chi connectivity index (χ1) is 40.0. The quantitative estimate of drug-likeness (QED) is 0.0261. The molecule has 0 N–H and O–H groups in total. The van der Waals surface area contributed by atoms with E-state index in [0.717, 1.165) is 96.3 Å². The Kier molecular flexibility index (Phi) is 66.6. The van der Waals surface area contributed by atoms with Crippen molar-refractivity contribution in [3.63, 3.8) is 0 Å². The van der Waals surface area contributed by atoms with Gasteiger partial charge < -0.3 is 14.2 Å². The summed E-state index contributed by atoms with van der Waals surface area (Å²) in [6, 6.07) is 0. The Bertz CT molecular complexity index is 1490. The van der Waals surface area contributed by atoms with Crippen LogP contribution in [0, 0.1) is 0 Å². The molecule has 6 nitrogen and oxygen atoms in total. The van der Waals surface area contributed by atoms with Crippen molar-refractivity contribution >= 4 is 17.9 Å². The highest BCUT2D eigenvalue weighted by atomic mass is 16.6. The smallest absolute Gasteiger partial charge is 0.306 e. The number of hydrogen-bond donors (Lipinski definition) is 0. The van der Waals surface area contributed by atoms with Crippen LogP contribution in [-0.2, 0) is 28.6 Å². The zero-order valence-electron chi connectivity index (χ0n) is 54.1. The lowest BCUT2D eigenvalue weighted by molar-refractivity contribution is -0.167. The summed E-state index contributed by atoms with van der Waals surface area (Å²) < 4.78 is 17.0. The summed E-state index contributed by atoms with van der Waals surface area (Å²) in [5, 5.41) is 0. The van der Waals surface area contributed by atoms with Crippen molar-refractivity contribution in [3.8, 4) is 0 Å². The van der Waals surface area contributed by atoms with Crippen molar-refractivity contribution in [2.24, 2.45) is 0 Å². The highest BCUT2D eigenvalue weighted by molar-refractivity contribution is 5.71. The summed E-state index contributed by atoms with van der Waals surface area (Å²) in [6.45, 7) is 6.58. The van der Waals surface area contributed by atoms with Gasteiger partial charge in [-0.25, -0.2) is 0 Å². The van der Waals surface area contributed by atoms with Gasteiger partial charge in [0, 0.05) is 19.3 Å². The van der Waals surface area contributed by atoms with Gasteiger partial charge in [-0.1, -0.05) is 351 Å². The van der Waals surface area contributed by atoms with Crippen LogP contribution in [-0.4, -0.2) is 37.2 Å². The van der Waals surface area contributed by atoms with Gasteiger partial charge in [-0.3, -0.25) is 14.4 Å². The van der Waals surface area contributed by atoms with Crippen molar-refractivity contribution in [1.29, 1.82) is 0 Å². The van der Waals surface area contributed by atoms with Crippen molar-refractivity contribution < 1.29 is 28.6 Å². The Morgan fingerprint density at radius 2 is 0.481 bits per heavy atom. The molecule has 0 heterocycles. The van der Waals surface area contributed by atoms with E-state index in [9.17, 15) is 14.4 Å². The first-order valence-electron chi connectivity index (χ1n) is 35.4. The summed E-state index contributed by atoms with van der Waals surface area (Å²) in [7, 11) is 0. The molecule has 0 fully saturated rings. The number of allylic oxidation sites excluding steroid dienone is 12. The molecule has 0 aromatic heterocycles. The Balaban J connectivity index is 4.20. The van der Waals surface area contributed by atoms with Crippen LogP contribution in [0.3, 0.4) is 0 Å². The largest absolute Gasteiger partial charge is 0.462 e. The molecule has 1 atom stereocenters. The molecular weight excluding hydrogens is 997 g/mol. The highest BCUT2D eigenvalue weighted by Gasteiger charge is 2.19.